The van der Waals surface area contributed by atoms with E-state index in [4.69, 9.17) is 11.6 Å². The monoisotopic (exact) mass is 267 g/mol. The third kappa shape index (κ3) is 4.13. The standard InChI is InChI=1S/C14H22ClN3/c1-2-5-13-17-12(15)10-14(18-13)16-9-8-11-6-3-4-7-11/h10-11H,2-9H2,1H3,(H,16,17,18). The van der Waals surface area contributed by atoms with E-state index in [2.05, 4.69) is 22.2 Å². The van der Waals surface area contributed by atoms with Crippen molar-refractivity contribution in [1.82, 2.24) is 9.97 Å². The second-order valence-electron chi connectivity index (χ2n) is 5.11. The van der Waals surface area contributed by atoms with Crippen LogP contribution in [-0.4, -0.2) is 16.5 Å². The number of aromatic nitrogens is 2. The van der Waals surface area contributed by atoms with Crippen LogP contribution in [0.3, 0.4) is 0 Å². The number of hydrogen-bond donors (Lipinski definition) is 1. The van der Waals surface area contributed by atoms with Gasteiger partial charge in [-0.1, -0.05) is 44.2 Å². The summed E-state index contributed by atoms with van der Waals surface area (Å²) in [6.45, 7) is 3.11. The molecule has 0 bridgehead atoms. The van der Waals surface area contributed by atoms with Crippen molar-refractivity contribution >= 4 is 17.4 Å². The van der Waals surface area contributed by atoms with Gasteiger partial charge in [0, 0.05) is 19.0 Å². The van der Waals surface area contributed by atoms with Crippen molar-refractivity contribution < 1.29 is 0 Å². The lowest BCUT2D eigenvalue weighted by molar-refractivity contribution is 0.518. The molecule has 0 spiro atoms. The molecule has 1 N–H and O–H groups in total. The van der Waals surface area contributed by atoms with E-state index in [9.17, 15) is 0 Å². The topological polar surface area (TPSA) is 37.8 Å². The maximum atomic E-state index is 6.00. The molecular weight excluding hydrogens is 246 g/mol. The van der Waals surface area contributed by atoms with Crippen LogP contribution < -0.4 is 5.32 Å². The van der Waals surface area contributed by atoms with Crippen LogP contribution in [0.15, 0.2) is 6.07 Å². The number of aryl methyl sites for hydroxylation is 1. The van der Waals surface area contributed by atoms with Crippen LogP contribution >= 0.6 is 11.6 Å². The van der Waals surface area contributed by atoms with Gasteiger partial charge in [-0.05, 0) is 18.8 Å². The van der Waals surface area contributed by atoms with Gasteiger partial charge in [0.2, 0.25) is 0 Å². The molecule has 18 heavy (non-hydrogen) atoms. The largest absolute Gasteiger partial charge is 0.370 e. The van der Waals surface area contributed by atoms with Crippen LogP contribution in [0, 0.1) is 5.92 Å². The summed E-state index contributed by atoms with van der Waals surface area (Å²) >= 11 is 6.00. The van der Waals surface area contributed by atoms with E-state index >= 15 is 0 Å². The molecule has 1 aliphatic carbocycles. The summed E-state index contributed by atoms with van der Waals surface area (Å²) in [5, 5.41) is 3.91. The second kappa shape index (κ2) is 6.93. The molecule has 0 aromatic carbocycles. The van der Waals surface area contributed by atoms with Crippen molar-refractivity contribution in [1.29, 1.82) is 0 Å². The molecule has 2 rings (SSSR count). The number of anilines is 1. The number of nitrogens with zero attached hydrogens (tertiary/aromatic N) is 2. The molecule has 1 aromatic rings. The smallest absolute Gasteiger partial charge is 0.134 e. The van der Waals surface area contributed by atoms with E-state index in [0.29, 0.717) is 5.15 Å². The van der Waals surface area contributed by atoms with Gasteiger partial charge in [0.1, 0.15) is 16.8 Å². The summed E-state index contributed by atoms with van der Waals surface area (Å²) in [6.07, 6.45) is 8.78. The lowest BCUT2D eigenvalue weighted by Gasteiger charge is -2.11. The number of hydrogen-bond acceptors (Lipinski definition) is 3. The molecule has 0 atom stereocenters. The molecule has 0 amide bonds. The van der Waals surface area contributed by atoms with Crippen molar-refractivity contribution in [2.75, 3.05) is 11.9 Å². The van der Waals surface area contributed by atoms with Gasteiger partial charge < -0.3 is 5.32 Å². The maximum Gasteiger partial charge on any atom is 0.134 e. The fraction of sp³-hybridized carbons (Fsp3) is 0.714. The van der Waals surface area contributed by atoms with Crippen LogP contribution in [0.25, 0.3) is 0 Å². The van der Waals surface area contributed by atoms with Crippen LogP contribution in [0.1, 0.15) is 51.3 Å². The molecule has 0 radical (unpaired) electrons. The summed E-state index contributed by atoms with van der Waals surface area (Å²) in [5.41, 5.74) is 0. The molecular formula is C14H22ClN3. The summed E-state index contributed by atoms with van der Waals surface area (Å²) < 4.78 is 0. The second-order valence-corrected chi connectivity index (χ2v) is 5.50. The molecule has 100 valence electrons. The minimum absolute atomic E-state index is 0.539. The van der Waals surface area contributed by atoms with Crippen molar-refractivity contribution in [3.8, 4) is 0 Å². The van der Waals surface area contributed by atoms with Gasteiger partial charge in [-0.25, -0.2) is 9.97 Å². The van der Waals surface area contributed by atoms with Crippen molar-refractivity contribution in [2.24, 2.45) is 5.92 Å². The van der Waals surface area contributed by atoms with E-state index in [-0.39, 0.29) is 0 Å². The molecule has 0 aliphatic heterocycles. The first-order valence-electron chi connectivity index (χ1n) is 7.05. The van der Waals surface area contributed by atoms with Crippen LogP contribution in [0.2, 0.25) is 5.15 Å². The Morgan fingerprint density at radius 3 is 2.83 bits per heavy atom. The quantitative estimate of drug-likeness (QED) is 0.790. The van der Waals surface area contributed by atoms with Gasteiger partial charge in [-0.2, -0.15) is 0 Å². The Morgan fingerprint density at radius 2 is 2.11 bits per heavy atom. The van der Waals surface area contributed by atoms with Gasteiger partial charge in [-0.15, -0.1) is 0 Å². The van der Waals surface area contributed by atoms with Crippen molar-refractivity contribution in [3.63, 3.8) is 0 Å². The third-order valence-corrected chi connectivity index (χ3v) is 3.74. The highest BCUT2D eigenvalue weighted by atomic mass is 35.5. The molecule has 1 saturated carbocycles. The Morgan fingerprint density at radius 1 is 1.33 bits per heavy atom. The van der Waals surface area contributed by atoms with Gasteiger partial charge in [0.25, 0.3) is 0 Å². The molecule has 1 fully saturated rings. The van der Waals surface area contributed by atoms with Crippen molar-refractivity contribution in [2.45, 2.75) is 51.9 Å². The summed E-state index contributed by atoms with van der Waals surface area (Å²) in [6, 6.07) is 1.81. The van der Waals surface area contributed by atoms with Gasteiger partial charge in [0.15, 0.2) is 0 Å². The zero-order valence-electron chi connectivity index (χ0n) is 11.1. The van der Waals surface area contributed by atoms with E-state index in [1.807, 2.05) is 6.07 Å². The normalized spacial score (nSPS) is 16.1. The SMILES string of the molecule is CCCc1nc(Cl)cc(NCCC2CCCC2)n1. The Bertz CT molecular complexity index is 375. The molecule has 1 aromatic heterocycles. The zero-order chi connectivity index (χ0) is 12.8. The Kier molecular flexibility index (Phi) is 5.24. The number of halogens is 1. The highest BCUT2D eigenvalue weighted by Crippen LogP contribution is 2.27. The highest BCUT2D eigenvalue weighted by Gasteiger charge is 2.14. The first-order chi connectivity index (χ1) is 8.78. The Labute approximate surface area is 114 Å². The van der Waals surface area contributed by atoms with Gasteiger partial charge >= 0.3 is 0 Å². The van der Waals surface area contributed by atoms with Crippen LogP contribution in [0.4, 0.5) is 5.82 Å². The van der Waals surface area contributed by atoms with E-state index in [1.165, 1.54) is 32.1 Å². The van der Waals surface area contributed by atoms with E-state index in [0.717, 1.165) is 36.9 Å². The summed E-state index contributed by atoms with van der Waals surface area (Å²) in [5.74, 6) is 2.62. The molecule has 0 saturated heterocycles. The minimum Gasteiger partial charge on any atom is -0.370 e. The van der Waals surface area contributed by atoms with Crippen LogP contribution in [0.5, 0.6) is 0 Å². The lowest BCUT2D eigenvalue weighted by Crippen LogP contribution is -2.09. The molecule has 0 unspecified atom stereocenters. The summed E-state index contributed by atoms with van der Waals surface area (Å²) in [7, 11) is 0. The predicted molar refractivity (Wildman–Crippen MR) is 76.1 cm³/mol. The molecule has 4 heteroatoms. The highest BCUT2D eigenvalue weighted by molar-refractivity contribution is 6.29. The van der Waals surface area contributed by atoms with Crippen LogP contribution in [-0.2, 0) is 6.42 Å². The molecule has 1 aliphatic rings. The minimum atomic E-state index is 0.539. The third-order valence-electron chi connectivity index (χ3n) is 3.55. The van der Waals surface area contributed by atoms with E-state index < -0.39 is 0 Å². The van der Waals surface area contributed by atoms with Crippen molar-refractivity contribution in [3.05, 3.63) is 17.0 Å². The zero-order valence-corrected chi connectivity index (χ0v) is 11.8. The fourth-order valence-corrected chi connectivity index (χ4v) is 2.79. The molecule has 3 nitrogen and oxygen atoms in total. The Balaban J connectivity index is 1.83. The summed E-state index contributed by atoms with van der Waals surface area (Å²) in [4.78, 5) is 8.70. The average molecular weight is 268 g/mol. The average Bonchev–Trinajstić information content (AvgIpc) is 2.82. The fourth-order valence-electron chi connectivity index (χ4n) is 2.59. The lowest BCUT2D eigenvalue weighted by atomic mass is 10.0. The van der Waals surface area contributed by atoms with Gasteiger partial charge in [0.05, 0.1) is 0 Å². The molecule has 1 heterocycles. The van der Waals surface area contributed by atoms with Gasteiger partial charge in [-0.3, -0.25) is 0 Å². The van der Waals surface area contributed by atoms with E-state index in [1.54, 1.807) is 0 Å². The maximum absolute atomic E-state index is 6.00. The Hall–Kier alpha value is -0.830. The first-order valence-corrected chi connectivity index (χ1v) is 7.43. The number of rotatable bonds is 6. The first kappa shape index (κ1) is 13.6. The predicted octanol–water partition coefficient (Wildman–Crippen LogP) is 4.07. The number of nitrogens with one attached hydrogen (secondary N) is 1.